The summed E-state index contributed by atoms with van der Waals surface area (Å²) in [5.41, 5.74) is 15.7. The standard InChI is InChI=1S/C19H15N9/c1-9-4-5-11(10-3-2-6-24-15(9)10)16-13-14(22)12(7-20)17(23)27-18(13)28-19(26-16)25-8-21/h2-6,16H,1H3,(H6,22,23,25,26,27,28). The second-order valence-electron chi connectivity index (χ2n) is 6.27. The molecule has 3 heterocycles. The highest BCUT2D eigenvalue weighted by Crippen LogP contribution is 2.42. The van der Waals surface area contributed by atoms with Gasteiger partial charge in [-0.05, 0) is 24.1 Å². The molecule has 0 amide bonds. The molecule has 9 nitrogen and oxygen atoms in total. The maximum atomic E-state index is 9.43. The summed E-state index contributed by atoms with van der Waals surface area (Å²) in [4.78, 5) is 13.3. The molecule has 28 heavy (non-hydrogen) atoms. The summed E-state index contributed by atoms with van der Waals surface area (Å²) in [5, 5.41) is 24.8. The summed E-state index contributed by atoms with van der Waals surface area (Å²) >= 11 is 0. The Balaban J connectivity index is 2.04. The number of nitrogens with two attached hydrogens (primary N) is 2. The van der Waals surface area contributed by atoms with Gasteiger partial charge in [-0.3, -0.25) is 10.3 Å². The predicted octanol–water partition coefficient (Wildman–Crippen LogP) is 1.92. The second-order valence-corrected chi connectivity index (χ2v) is 6.27. The number of guanidine groups is 1. The third-order valence-electron chi connectivity index (χ3n) is 4.66. The van der Waals surface area contributed by atoms with Crippen LogP contribution in [0.4, 0.5) is 17.3 Å². The van der Waals surface area contributed by atoms with Crippen LogP contribution in [0.25, 0.3) is 10.9 Å². The fourth-order valence-electron chi connectivity index (χ4n) is 3.38. The Morgan fingerprint density at radius 3 is 2.79 bits per heavy atom. The second kappa shape index (κ2) is 6.41. The molecule has 9 heteroatoms. The van der Waals surface area contributed by atoms with E-state index < -0.39 is 6.04 Å². The zero-order chi connectivity index (χ0) is 19.8. The van der Waals surface area contributed by atoms with Gasteiger partial charge in [0.05, 0.1) is 11.2 Å². The average Bonchev–Trinajstić information content (AvgIpc) is 2.68. The number of nitriles is 2. The molecule has 1 atom stereocenters. The molecule has 0 bridgehead atoms. The summed E-state index contributed by atoms with van der Waals surface area (Å²) in [6.07, 6.45) is 3.57. The number of aromatic nitrogens is 2. The van der Waals surface area contributed by atoms with Gasteiger partial charge in [-0.25, -0.2) is 9.98 Å². The van der Waals surface area contributed by atoms with Crippen molar-refractivity contribution in [3.63, 3.8) is 0 Å². The smallest absolute Gasteiger partial charge is 0.211 e. The molecule has 4 rings (SSSR count). The van der Waals surface area contributed by atoms with Gasteiger partial charge in [0.25, 0.3) is 0 Å². The summed E-state index contributed by atoms with van der Waals surface area (Å²) in [5.74, 6) is 0.580. The van der Waals surface area contributed by atoms with Gasteiger partial charge in [0.15, 0.2) is 6.19 Å². The minimum atomic E-state index is -0.598. The highest BCUT2D eigenvalue weighted by Gasteiger charge is 2.30. The van der Waals surface area contributed by atoms with Crippen LogP contribution in [0.3, 0.4) is 0 Å². The zero-order valence-electron chi connectivity index (χ0n) is 14.9. The number of anilines is 3. The van der Waals surface area contributed by atoms with E-state index >= 15 is 0 Å². The zero-order valence-corrected chi connectivity index (χ0v) is 14.9. The normalized spacial score (nSPS) is 15.0. The first kappa shape index (κ1) is 17.1. The number of fused-ring (bicyclic) bond motifs is 2. The lowest BCUT2D eigenvalue weighted by Crippen LogP contribution is -2.32. The van der Waals surface area contributed by atoms with Gasteiger partial charge in [-0.2, -0.15) is 10.5 Å². The van der Waals surface area contributed by atoms with E-state index in [-0.39, 0.29) is 23.0 Å². The number of hydrogen-bond donors (Lipinski definition) is 4. The van der Waals surface area contributed by atoms with Gasteiger partial charge in [0, 0.05) is 17.1 Å². The Bertz CT molecular complexity index is 1230. The molecule has 1 aromatic carbocycles. The molecule has 3 aromatic rings. The molecule has 0 fully saturated rings. The molecule has 0 saturated carbocycles. The molecule has 1 aliphatic rings. The highest BCUT2D eigenvalue weighted by atomic mass is 15.2. The van der Waals surface area contributed by atoms with Crippen molar-refractivity contribution in [3.8, 4) is 12.3 Å². The summed E-state index contributed by atoms with van der Waals surface area (Å²) in [7, 11) is 0. The average molecular weight is 369 g/mol. The third-order valence-corrected chi connectivity index (χ3v) is 4.66. The van der Waals surface area contributed by atoms with E-state index in [4.69, 9.17) is 16.7 Å². The molecule has 1 aliphatic heterocycles. The first-order valence-electron chi connectivity index (χ1n) is 8.38. The van der Waals surface area contributed by atoms with Gasteiger partial charge in [0.1, 0.15) is 29.3 Å². The number of benzene rings is 1. The molecular formula is C19H15N9. The Labute approximate surface area is 160 Å². The molecule has 136 valence electrons. The lowest BCUT2D eigenvalue weighted by atomic mass is 9.91. The van der Waals surface area contributed by atoms with E-state index in [2.05, 4.69) is 25.6 Å². The van der Waals surface area contributed by atoms with Crippen molar-refractivity contribution < 1.29 is 0 Å². The maximum absolute atomic E-state index is 9.43. The van der Waals surface area contributed by atoms with Gasteiger partial charge < -0.3 is 16.8 Å². The number of aliphatic imine (C=N–C) groups is 1. The van der Waals surface area contributed by atoms with Crippen LogP contribution in [0.5, 0.6) is 0 Å². The van der Waals surface area contributed by atoms with E-state index in [1.807, 2.05) is 43.5 Å². The number of nitrogen functional groups attached to an aromatic ring is 2. The van der Waals surface area contributed by atoms with Gasteiger partial charge in [0.2, 0.25) is 5.96 Å². The SMILES string of the molecule is Cc1ccc(C2N=C(NC#N)Nc3nc(N)c(C#N)c(N)c32)c2cccnc12. The number of nitrogens with one attached hydrogen (secondary N) is 2. The van der Waals surface area contributed by atoms with Crippen LogP contribution in [-0.4, -0.2) is 15.9 Å². The topological polar surface area (TPSA) is 162 Å². The number of rotatable bonds is 1. The monoisotopic (exact) mass is 369 g/mol. The maximum Gasteiger partial charge on any atom is 0.211 e. The van der Waals surface area contributed by atoms with Crippen molar-refractivity contribution in [3.05, 3.63) is 52.7 Å². The van der Waals surface area contributed by atoms with Crippen LogP contribution in [-0.2, 0) is 0 Å². The van der Waals surface area contributed by atoms with Crippen LogP contribution < -0.4 is 22.1 Å². The van der Waals surface area contributed by atoms with Crippen LogP contribution in [0.15, 0.2) is 35.5 Å². The third kappa shape index (κ3) is 2.50. The van der Waals surface area contributed by atoms with Crippen molar-refractivity contribution in [1.29, 1.82) is 10.5 Å². The Hall–Kier alpha value is -4.37. The molecule has 0 saturated heterocycles. The summed E-state index contributed by atoms with van der Waals surface area (Å²) < 4.78 is 0. The van der Waals surface area contributed by atoms with Crippen molar-refractivity contribution in [2.24, 2.45) is 4.99 Å². The van der Waals surface area contributed by atoms with Gasteiger partial charge in [-0.15, -0.1) is 0 Å². The van der Waals surface area contributed by atoms with Crippen LogP contribution in [0, 0.1) is 29.7 Å². The van der Waals surface area contributed by atoms with Gasteiger partial charge in [-0.1, -0.05) is 18.2 Å². The minimum Gasteiger partial charge on any atom is -0.397 e. The molecule has 0 aliphatic carbocycles. The molecule has 2 aromatic heterocycles. The van der Waals surface area contributed by atoms with Crippen LogP contribution >= 0.6 is 0 Å². The van der Waals surface area contributed by atoms with Crippen molar-refractivity contribution >= 4 is 34.2 Å². The summed E-state index contributed by atoms with van der Waals surface area (Å²) in [6.45, 7) is 1.98. The number of nitrogens with zero attached hydrogens (tertiary/aromatic N) is 5. The molecule has 1 unspecified atom stereocenters. The number of pyridine rings is 2. The molecule has 0 spiro atoms. The van der Waals surface area contributed by atoms with Crippen molar-refractivity contribution in [2.45, 2.75) is 13.0 Å². The number of hydrogen-bond acceptors (Lipinski definition) is 9. The Kier molecular flexibility index (Phi) is 3.91. The van der Waals surface area contributed by atoms with Gasteiger partial charge >= 0.3 is 0 Å². The fourth-order valence-corrected chi connectivity index (χ4v) is 3.38. The first-order valence-corrected chi connectivity index (χ1v) is 8.38. The van der Waals surface area contributed by atoms with E-state index in [0.29, 0.717) is 11.4 Å². The Morgan fingerprint density at radius 1 is 1.21 bits per heavy atom. The first-order chi connectivity index (χ1) is 13.5. The minimum absolute atomic E-state index is 0.0126. The highest BCUT2D eigenvalue weighted by molar-refractivity contribution is 5.99. The van der Waals surface area contributed by atoms with E-state index in [1.165, 1.54) is 0 Å². The molecule has 0 radical (unpaired) electrons. The fraction of sp³-hybridized carbons (Fsp3) is 0.105. The lowest BCUT2D eigenvalue weighted by Gasteiger charge is -2.27. The molecular weight excluding hydrogens is 354 g/mol. The Morgan fingerprint density at radius 2 is 2.04 bits per heavy atom. The predicted molar refractivity (Wildman–Crippen MR) is 106 cm³/mol. The molecule has 6 N–H and O–H groups in total. The number of aryl methyl sites for hydroxylation is 1. The largest absolute Gasteiger partial charge is 0.397 e. The van der Waals surface area contributed by atoms with Crippen LogP contribution in [0.1, 0.15) is 28.3 Å². The lowest BCUT2D eigenvalue weighted by molar-refractivity contribution is 0.853. The quantitative estimate of drug-likeness (QED) is 0.373. The van der Waals surface area contributed by atoms with Crippen molar-refractivity contribution in [2.75, 3.05) is 16.8 Å². The van der Waals surface area contributed by atoms with Crippen molar-refractivity contribution in [1.82, 2.24) is 15.3 Å². The summed E-state index contributed by atoms with van der Waals surface area (Å²) in [6, 6.07) is 9.08. The van der Waals surface area contributed by atoms with E-state index in [0.717, 1.165) is 22.0 Å². The van der Waals surface area contributed by atoms with Crippen LogP contribution in [0.2, 0.25) is 0 Å². The van der Waals surface area contributed by atoms with E-state index in [1.54, 1.807) is 6.20 Å². The van der Waals surface area contributed by atoms with E-state index in [9.17, 15) is 5.26 Å².